The monoisotopic (exact) mass is 507 g/mol. The molecular weight excluding hydrogens is 474 g/mol. The molecule has 1 atom stereocenters. The first-order valence-electron chi connectivity index (χ1n) is 13.1. The van der Waals surface area contributed by atoms with E-state index in [4.69, 9.17) is 5.26 Å². The Morgan fingerprint density at radius 1 is 1.03 bits per heavy atom. The normalized spacial score (nSPS) is 17.9. The number of anilines is 2. The third-order valence-electron chi connectivity index (χ3n) is 7.11. The Kier molecular flexibility index (Phi) is 7.90. The zero-order chi connectivity index (χ0) is 26.3. The van der Waals surface area contributed by atoms with Crippen LogP contribution in [0.15, 0.2) is 73.2 Å². The van der Waals surface area contributed by atoms with E-state index < -0.39 is 0 Å². The van der Waals surface area contributed by atoms with Crippen molar-refractivity contribution in [2.75, 3.05) is 10.2 Å². The molecule has 1 fully saturated rings. The quantitative estimate of drug-likeness (QED) is 0.319. The van der Waals surface area contributed by atoms with Crippen LogP contribution in [0.25, 0.3) is 11.3 Å². The van der Waals surface area contributed by atoms with Crippen molar-refractivity contribution in [3.05, 3.63) is 84.3 Å². The molecule has 0 radical (unpaired) electrons. The molecule has 1 aliphatic rings. The summed E-state index contributed by atoms with van der Waals surface area (Å²) >= 11 is 0. The van der Waals surface area contributed by atoms with E-state index in [9.17, 15) is 0 Å². The first-order valence-corrected chi connectivity index (χ1v) is 13.1. The number of nitrogens with zero attached hydrogens (tertiary/aromatic N) is 7. The van der Waals surface area contributed by atoms with E-state index >= 15 is 0 Å². The van der Waals surface area contributed by atoms with Gasteiger partial charge >= 0.3 is 0 Å². The maximum absolute atomic E-state index is 9.01. The van der Waals surface area contributed by atoms with Crippen molar-refractivity contribution in [3.8, 4) is 17.3 Å². The number of nitriles is 1. The van der Waals surface area contributed by atoms with E-state index in [0.29, 0.717) is 17.6 Å². The van der Waals surface area contributed by atoms with Gasteiger partial charge in [0, 0.05) is 43.6 Å². The van der Waals surface area contributed by atoms with Gasteiger partial charge in [0.1, 0.15) is 11.9 Å². The molecular formula is C29H33N9. The summed E-state index contributed by atoms with van der Waals surface area (Å²) in [6.45, 7) is 2.98. The van der Waals surface area contributed by atoms with Gasteiger partial charge in [0.15, 0.2) is 5.82 Å². The number of aromatic nitrogens is 5. The van der Waals surface area contributed by atoms with Crippen molar-refractivity contribution in [2.24, 2.45) is 7.05 Å². The fourth-order valence-electron chi connectivity index (χ4n) is 5.08. The Morgan fingerprint density at radius 3 is 2.47 bits per heavy atom. The Labute approximate surface area is 223 Å². The standard InChI is InChI=1S/C29H33N9/c1-21(31-17-22-6-4-3-5-7-22)38(29-15-13-27(35-36-29)24-19-33-37(2)20-24)26-11-9-25(10-12-26)34-28-14-8-23(16-30)18-32-28/h3-8,13-15,18-21,25-26,31H,9-12,17H2,1-2H3,(H,32,34). The zero-order valence-corrected chi connectivity index (χ0v) is 21.8. The summed E-state index contributed by atoms with van der Waals surface area (Å²) in [5.41, 5.74) is 3.59. The third kappa shape index (κ3) is 6.15. The van der Waals surface area contributed by atoms with Gasteiger partial charge in [-0.3, -0.25) is 10.00 Å². The first kappa shape index (κ1) is 25.4. The highest BCUT2D eigenvalue weighted by Crippen LogP contribution is 2.30. The number of benzene rings is 1. The molecule has 194 valence electrons. The van der Waals surface area contributed by atoms with Gasteiger partial charge in [0.2, 0.25) is 0 Å². The molecule has 0 aliphatic heterocycles. The van der Waals surface area contributed by atoms with Gasteiger partial charge in [-0.25, -0.2) is 4.98 Å². The second-order valence-electron chi connectivity index (χ2n) is 9.82. The molecule has 0 saturated heterocycles. The SMILES string of the molecule is CC(NCc1ccccc1)N(c1ccc(-c2cnn(C)c2)nn1)C1CCC(Nc2ccc(C#N)cn2)CC1. The lowest BCUT2D eigenvalue weighted by atomic mass is 9.89. The molecule has 1 aliphatic carbocycles. The third-order valence-corrected chi connectivity index (χ3v) is 7.11. The average molecular weight is 508 g/mol. The molecule has 9 nitrogen and oxygen atoms in total. The average Bonchev–Trinajstić information content (AvgIpc) is 3.40. The van der Waals surface area contributed by atoms with Gasteiger partial charge in [0.25, 0.3) is 0 Å². The van der Waals surface area contributed by atoms with Gasteiger partial charge in [-0.05, 0) is 62.4 Å². The molecule has 9 heteroatoms. The molecule has 3 aromatic heterocycles. The summed E-state index contributed by atoms with van der Waals surface area (Å²) in [7, 11) is 1.90. The minimum Gasteiger partial charge on any atom is -0.367 e. The maximum atomic E-state index is 9.01. The van der Waals surface area contributed by atoms with Crippen LogP contribution in [-0.4, -0.2) is 43.2 Å². The van der Waals surface area contributed by atoms with E-state index in [2.05, 4.69) is 79.1 Å². The second-order valence-corrected chi connectivity index (χ2v) is 9.82. The van der Waals surface area contributed by atoms with Crippen molar-refractivity contribution >= 4 is 11.6 Å². The van der Waals surface area contributed by atoms with Crippen LogP contribution in [0.4, 0.5) is 11.6 Å². The summed E-state index contributed by atoms with van der Waals surface area (Å²) in [5.74, 6) is 1.69. The van der Waals surface area contributed by atoms with E-state index in [0.717, 1.165) is 55.1 Å². The molecule has 5 rings (SSSR count). The zero-order valence-electron chi connectivity index (χ0n) is 21.8. The van der Waals surface area contributed by atoms with Crippen LogP contribution >= 0.6 is 0 Å². The van der Waals surface area contributed by atoms with Gasteiger partial charge in [0.05, 0.1) is 23.6 Å². The minimum atomic E-state index is 0.0726. The van der Waals surface area contributed by atoms with E-state index in [1.807, 2.05) is 37.6 Å². The van der Waals surface area contributed by atoms with Crippen LogP contribution in [0, 0.1) is 11.3 Å². The van der Waals surface area contributed by atoms with Crippen molar-refractivity contribution in [3.63, 3.8) is 0 Å². The molecule has 3 heterocycles. The topological polar surface area (TPSA) is 108 Å². The summed E-state index contributed by atoms with van der Waals surface area (Å²) in [6.07, 6.45) is 9.54. The lowest BCUT2D eigenvalue weighted by Gasteiger charge is -2.41. The lowest BCUT2D eigenvalue weighted by Crippen LogP contribution is -2.51. The minimum absolute atomic E-state index is 0.0726. The molecule has 0 spiro atoms. The molecule has 1 unspecified atom stereocenters. The van der Waals surface area contributed by atoms with Crippen LogP contribution in [0.2, 0.25) is 0 Å². The molecule has 1 aromatic carbocycles. The van der Waals surface area contributed by atoms with Crippen molar-refractivity contribution in [1.29, 1.82) is 5.26 Å². The summed E-state index contributed by atoms with van der Waals surface area (Å²) < 4.78 is 1.77. The maximum Gasteiger partial charge on any atom is 0.152 e. The Hall–Kier alpha value is -4.29. The van der Waals surface area contributed by atoms with Crippen LogP contribution in [0.1, 0.15) is 43.7 Å². The number of nitrogens with one attached hydrogen (secondary N) is 2. The Balaban J connectivity index is 1.29. The number of hydrogen-bond acceptors (Lipinski definition) is 8. The molecule has 4 aromatic rings. The van der Waals surface area contributed by atoms with E-state index in [1.165, 1.54) is 5.56 Å². The molecule has 0 amide bonds. The van der Waals surface area contributed by atoms with Crippen LogP contribution in [0.5, 0.6) is 0 Å². The Morgan fingerprint density at radius 2 is 1.84 bits per heavy atom. The van der Waals surface area contributed by atoms with Gasteiger partial charge < -0.3 is 10.2 Å². The number of pyridine rings is 1. The van der Waals surface area contributed by atoms with Gasteiger partial charge in [-0.15, -0.1) is 10.2 Å². The van der Waals surface area contributed by atoms with Crippen LogP contribution < -0.4 is 15.5 Å². The number of aryl methyl sites for hydroxylation is 1. The highest BCUT2D eigenvalue weighted by Gasteiger charge is 2.30. The van der Waals surface area contributed by atoms with Gasteiger partial charge in [-0.2, -0.15) is 10.4 Å². The van der Waals surface area contributed by atoms with E-state index in [-0.39, 0.29) is 6.17 Å². The van der Waals surface area contributed by atoms with E-state index in [1.54, 1.807) is 16.9 Å². The fourth-order valence-corrected chi connectivity index (χ4v) is 5.08. The summed E-state index contributed by atoms with van der Waals surface area (Å²) in [4.78, 5) is 6.77. The van der Waals surface area contributed by atoms with Crippen LogP contribution in [-0.2, 0) is 13.6 Å². The predicted octanol–water partition coefficient (Wildman–Crippen LogP) is 4.51. The molecule has 1 saturated carbocycles. The second kappa shape index (κ2) is 11.8. The summed E-state index contributed by atoms with van der Waals surface area (Å²) in [5, 5.41) is 29.7. The Bertz CT molecular complexity index is 1340. The first-order chi connectivity index (χ1) is 18.6. The van der Waals surface area contributed by atoms with Crippen molar-refractivity contribution in [2.45, 2.75) is 57.4 Å². The van der Waals surface area contributed by atoms with Crippen molar-refractivity contribution in [1.82, 2.24) is 30.3 Å². The largest absolute Gasteiger partial charge is 0.367 e. The fraction of sp³-hybridized carbons (Fsp3) is 0.345. The molecule has 2 N–H and O–H groups in total. The van der Waals surface area contributed by atoms with Crippen molar-refractivity contribution < 1.29 is 0 Å². The highest BCUT2D eigenvalue weighted by atomic mass is 15.3. The van der Waals surface area contributed by atoms with Gasteiger partial charge in [-0.1, -0.05) is 30.3 Å². The van der Waals surface area contributed by atoms with Crippen LogP contribution in [0.3, 0.4) is 0 Å². The molecule has 0 bridgehead atoms. The lowest BCUT2D eigenvalue weighted by molar-refractivity contribution is 0.351. The number of hydrogen-bond donors (Lipinski definition) is 2. The molecule has 38 heavy (non-hydrogen) atoms. The smallest absolute Gasteiger partial charge is 0.152 e. The highest BCUT2D eigenvalue weighted by molar-refractivity contribution is 5.58. The predicted molar refractivity (Wildman–Crippen MR) is 148 cm³/mol. The summed E-state index contributed by atoms with van der Waals surface area (Å²) in [6, 6.07) is 21.0. The number of rotatable bonds is 9.